The third-order valence-corrected chi connectivity index (χ3v) is 3.55. The van der Waals surface area contributed by atoms with E-state index >= 15 is 0 Å². The summed E-state index contributed by atoms with van der Waals surface area (Å²) in [4.78, 5) is 8.67. The number of anilines is 2. The molecule has 0 bridgehead atoms. The molecule has 1 aromatic carbocycles. The summed E-state index contributed by atoms with van der Waals surface area (Å²) in [5.41, 5.74) is 8.55. The van der Waals surface area contributed by atoms with Gasteiger partial charge in [-0.1, -0.05) is 18.2 Å². The number of hydrogen-bond donors (Lipinski definition) is 2. The average Bonchev–Trinajstić information content (AvgIpc) is 2.55. The molecular formula is C18H20N4O. The first-order chi connectivity index (χ1) is 11.2. The Hall–Kier alpha value is -2.82. The van der Waals surface area contributed by atoms with Crippen LogP contribution in [-0.2, 0) is 0 Å². The molecule has 2 heterocycles. The fourth-order valence-corrected chi connectivity index (χ4v) is 2.37. The molecule has 0 fully saturated rings. The second-order valence-electron chi connectivity index (χ2n) is 5.38. The van der Waals surface area contributed by atoms with Gasteiger partial charge < -0.3 is 15.8 Å². The van der Waals surface area contributed by atoms with Gasteiger partial charge in [0.15, 0.2) is 5.65 Å². The molecule has 5 heteroatoms. The molecule has 0 aliphatic heterocycles. The van der Waals surface area contributed by atoms with E-state index in [0.717, 1.165) is 29.6 Å². The van der Waals surface area contributed by atoms with Gasteiger partial charge in [0.1, 0.15) is 5.82 Å². The molecule has 0 atom stereocenters. The van der Waals surface area contributed by atoms with Crippen molar-refractivity contribution in [2.24, 2.45) is 0 Å². The third kappa shape index (κ3) is 3.88. The van der Waals surface area contributed by atoms with E-state index in [0.29, 0.717) is 24.0 Å². The second-order valence-corrected chi connectivity index (χ2v) is 5.38. The van der Waals surface area contributed by atoms with Crippen molar-refractivity contribution in [1.29, 1.82) is 0 Å². The van der Waals surface area contributed by atoms with Gasteiger partial charge in [-0.15, -0.1) is 0 Å². The molecule has 0 spiro atoms. The van der Waals surface area contributed by atoms with E-state index in [4.69, 9.17) is 10.5 Å². The quantitative estimate of drug-likeness (QED) is 0.683. The van der Waals surface area contributed by atoms with Crippen LogP contribution < -0.4 is 15.8 Å². The molecule has 0 saturated heterocycles. The summed E-state index contributed by atoms with van der Waals surface area (Å²) >= 11 is 0. The highest BCUT2D eigenvalue weighted by Gasteiger charge is 2.05. The topological polar surface area (TPSA) is 73.1 Å². The van der Waals surface area contributed by atoms with E-state index in [2.05, 4.69) is 15.3 Å². The summed E-state index contributed by atoms with van der Waals surface area (Å²) in [6, 6.07) is 15.8. The number of hydrogen-bond acceptors (Lipinski definition) is 5. The van der Waals surface area contributed by atoms with Crippen LogP contribution >= 0.6 is 0 Å². The van der Waals surface area contributed by atoms with E-state index < -0.39 is 0 Å². The first-order valence-electron chi connectivity index (χ1n) is 7.68. The highest BCUT2D eigenvalue weighted by Crippen LogP contribution is 2.21. The summed E-state index contributed by atoms with van der Waals surface area (Å²) in [6.07, 6.45) is 0.887. The first-order valence-corrected chi connectivity index (χ1v) is 7.68. The summed E-state index contributed by atoms with van der Waals surface area (Å²) in [6.45, 7) is 3.47. The average molecular weight is 308 g/mol. The van der Waals surface area contributed by atoms with Gasteiger partial charge in [-0.25, -0.2) is 4.98 Å². The lowest BCUT2D eigenvalue weighted by Crippen LogP contribution is -2.08. The Bertz CT molecular complexity index is 790. The van der Waals surface area contributed by atoms with Crippen LogP contribution in [-0.4, -0.2) is 23.1 Å². The minimum absolute atomic E-state index is 0.466. The van der Waals surface area contributed by atoms with Crippen LogP contribution in [0.1, 0.15) is 12.0 Å². The molecule has 0 unspecified atom stereocenters. The fraction of sp³-hybridized carbons (Fsp3) is 0.222. The van der Waals surface area contributed by atoms with Crippen molar-refractivity contribution in [2.75, 3.05) is 24.2 Å². The standard InChI is InChI=1S/C18H20N4O/c1-13-12-17(22-18-15(13)8-9-16(19)21-18)23-11-5-10-20-14-6-3-2-4-7-14/h2-4,6-9,12,20H,5,10-11H2,1H3,(H2,19,21,22). The van der Waals surface area contributed by atoms with Gasteiger partial charge in [0.25, 0.3) is 0 Å². The predicted molar refractivity (Wildman–Crippen MR) is 93.7 cm³/mol. The number of pyridine rings is 2. The van der Waals surface area contributed by atoms with Gasteiger partial charge in [-0.2, -0.15) is 4.98 Å². The van der Waals surface area contributed by atoms with Crippen molar-refractivity contribution in [3.8, 4) is 5.88 Å². The third-order valence-electron chi connectivity index (χ3n) is 3.55. The number of ether oxygens (including phenoxy) is 1. The summed E-state index contributed by atoms with van der Waals surface area (Å²) < 4.78 is 5.74. The molecule has 3 aromatic rings. The summed E-state index contributed by atoms with van der Waals surface area (Å²) in [5.74, 6) is 1.06. The Morgan fingerprint density at radius 2 is 1.91 bits per heavy atom. The van der Waals surface area contributed by atoms with Crippen LogP contribution in [0.5, 0.6) is 5.88 Å². The molecule has 0 aliphatic rings. The number of nitrogens with zero attached hydrogens (tertiary/aromatic N) is 2. The van der Waals surface area contributed by atoms with Crippen molar-refractivity contribution in [3.63, 3.8) is 0 Å². The lowest BCUT2D eigenvalue weighted by Gasteiger charge is -2.09. The number of para-hydroxylation sites is 1. The fourth-order valence-electron chi connectivity index (χ4n) is 2.37. The minimum atomic E-state index is 0.466. The number of aromatic nitrogens is 2. The predicted octanol–water partition coefficient (Wildman–Crippen LogP) is 3.40. The number of nitrogens with one attached hydrogen (secondary N) is 1. The highest BCUT2D eigenvalue weighted by molar-refractivity contribution is 5.80. The zero-order valence-corrected chi connectivity index (χ0v) is 13.1. The van der Waals surface area contributed by atoms with Gasteiger partial charge in [-0.3, -0.25) is 0 Å². The smallest absolute Gasteiger partial charge is 0.215 e. The van der Waals surface area contributed by atoms with Crippen LogP contribution in [0.4, 0.5) is 11.5 Å². The molecule has 5 nitrogen and oxygen atoms in total. The van der Waals surface area contributed by atoms with E-state index in [1.54, 1.807) is 6.07 Å². The molecule has 0 saturated carbocycles. The minimum Gasteiger partial charge on any atom is -0.478 e. The van der Waals surface area contributed by atoms with Gasteiger partial charge in [0, 0.05) is 23.7 Å². The Morgan fingerprint density at radius 3 is 2.74 bits per heavy atom. The van der Waals surface area contributed by atoms with E-state index in [9.17, 15) is 0 Å². The maximum absolute atomic E-state index is 5.74. The van der Waals surface area contributed by atoms with Crippen LogP contribution in [0.3, 0.4) is 0 Å². The molecule has 0 aliphatic carbocycles. The van der Waals surface area contributed by atoms with Crippen LogP contribution in [0.25, 0.3) is 11.0 Å². The maximum atomic E-state index is 5.74. The molecule has 0 radical (unpaired) electrons. The lowest BCUT2D eigenvalue weighted by molar-refractivity contribution is 0.304. The Labute approximate surface area is 135 Å². The lowest BCUT2D eigenvalue weighted by atomic mass is 10.2. The number of nitrogen functional groups attached to an aromatic ring is 1. The number of benzene rings is 1. The normalized spacial score (nSPS) is 10.7. The zero-order valence-electron chi connectivity index (χ0n) is 13.1. The van der Waals surface area contributed by atoms with Crippen LogP contribution in [0.2, 0.25) is 0 Å². The van der Waals surface area contributed by atoms with Crippen LogP contribution in [0.15, 0.2) is 48.5 Å². The van der Waals surface area contributed by atoms with E-state index in [-0.39, 0.29) is 0 Å². The molecule has 3 N–H and O–H groups in total. The Balaban J connectivity index is 1.55. The van der Waals surface area contributed by atoms with Gasteiger partial charge in [0.2, 0.25) is 5.88 Å². The Kier molecular flexibility index (Phi) is 4.57. The Morgan fingerprint density at radius 1 is 1.09 bits per heavy atom. The molecule has 23 heavy (non-hydrogen) atoms. The SMILES string of the molecule is Cc1cc(OCCCNc2ccccc2)nc2nc(N)ccc12. The zero-order chi connectivity index (χ0) is 16.1. The monoisotopic (exact) mass is 308 g/mol. The molecule has 0 amide bonds. The first kappa shape index (κ1) is 15.1. The molecular weight excluding hydrogens is 288 g/mol. The highest BCUT2D eigenvalue weighted by atomic mass is 16.5. The van der Waals surface area contributed by atoms with Crippen molar-refractivity contribution in [3.05, 3.63) is 54.1 Å². The van der Waals surface area contributed by atoms with E-state index in [1.807, 2.05) is 49.4 Å². The molecule has 3 rings (SSSR count). The number of nitrogens with two attached hydrogens (primary N) is 1. The van der Waals surface area contributed by atoms with Crippen molar-refractivity contribution >= 4 is 22.5 Å². The molecule has 118 valence electrons. The van der Waals surface area contributed by atoms with Crippen molar-refractivity contribution in [1.82, 2.24) is 9.97 Å². The molecule has 2 aromatic heterocycles. The van der Waals surface area contributed by atoms with Gasteiger partial charge in [-0.05, 0) is 43.2 Å². The largest absolute Gasteiger partial charge is 0.478 e. The van der Waals surface area contributed by atoms with Crippen LogP contribution in [0, 0.1) is 6.92 Å². The number of rotatable bonds is 6. The maximum Gasteiger partial charge on any atom is 0.215 e. The van der Waals surface area contributed by atoms with E-state index in [1.165, 1.54) is 0 Å². The second kappa shape index (κ2) is 6.96. The number of fused-ring (bicyclic) bond motifs is 1. The number of aryl methyl sites for hydroxylation is 1. The van der Waals surface area contributed by atoms with Gasteiger partial charge >= 0.3 is 0 Å². The summed E-state index contributed by atoms with van der Waals surface area (Å²) in [5, 5.41) is 4.35. The summed E-state index contributed by atoms with van der Waals surface area (Å²) in [7, 11) is 0. The van der Waals surface area contributed by atoms with Gasteiger partial charge in [0.05, 0.1) is 6.61 Å². The van der Waals surface area contributed by atoms with Crippen molar-refractivity contribution < 1.29 is 4.74 Å². The van der Waals surface area contributed by atoms with Crippen molar-refractivity contribution in [2.45, 2.75) is 13.3 Å².